The third-order valence-corrected chi connectivity index (χ3v) is 5.33. The number of anilines is 1. The Morgan fingerprint density at radius 2 is 1.50 bits per heavy atom. The Hall–Kier alpha value is -3.84. The Morgan fingerprint density at radius 3 is 2.06 bits per heavy atom. The lowest BCUT2D eigenvalue weighted by Crippen LogP contribution is -2.44. The highest BCUT2D eigenvalue weighted by atomic mass is 19.1. The van der Waals surface area contributed by atoms with Crippen LogP contribution in [0.2, 0.25) is 0 Å². The first-order chi connectivity index (χ1) is 15.3. The molecule has 1 aliphatic heterocycles. The normalized spacial score (nSPS) is 13.8. The molecular weight excluding hydrogens is 411 g/mol. The van der Waals surface area contributed by atoms with Crippen LogP contribution in [-0.2, 0) is 4.84 Å². The van der Waals surface area contributed by atoms with Crippen molar-refractivity contribution in [1.29, 1.82) is 0 Å². The lowest BCUT2D eigenvalue weighted by Gasteiger charge is -2.27. The van der Waals surface area contributed by atoms with Gasteiger partial charge in [0.05, 0.1) is 17.7 Å². The van der Waals surface area contributed by atoms with Gasteiger partial charge in [0.1, 0.15) is 5.82 Å². The van der Waals surface area contributed by atoms with Crippen LogP contribution >= 0.6 is 0 Å². The summed E-state index contributed by atoms with van der Waals surface area (Å²) >= 11 is 0. The van der Waals surface area contributed by atoms with Crippen molar-refractivity contribution in [3.8, 4) is 0 Å². The van der Waals surface area contributed by atoms with E-state index in [1.54, 1.807) is 72.6 Å². The van der Waals surface area contributed by atoms with Crippen molar-refractivity contribution < 1.29 is 23.6 Å². The second-order valence-electron chi connectivity index (χ2n) is 7.63. The quantitative estimate of drug-likeness (QED) is 0.416. The van der Waals surface area contributed by atoms with Crippen LogP contribution in [0, 0.1) is 12.7 Å². The maximum Gasteiger partial charge on any atom is 0.285 e. The van der Waals surface area contributed by atoms with E-state index in [9.17, 15) is 18.8 Å². The van der Waals surface area contributed by atoms with E-state index in [-0.39, 0.29) is 29.3 Å². The summed E-state index contributed by atoms with van der Waals surface area (Å²) in [5.74, 6) is -1.99. The van der Waals surface area contributed by atoms with E-state index in [0.29, 0.717) is 16.3 Å². The number of Topliss-reactive ketones (excluding diaryl/α,β-unsaturated/α-hetero) is 1. The predicted molar refractivity (Wildman–Crippen MR) is 117 cm³/mol. The molecule has 0 saturated heterocycles. The fourth-order valence-electron chi connectivity index (χ4n) is 3.51. The van der Waals surface area contributed by atoms with Gasteiger partial charge in [-0.05, 0) is 43.3 Å². The lowest BCUT2D eigenvalue weighted by molar-refractivity contribution is -0.114. The van der Waals surface area contributed by atoms with Crippen LogP contribution in [-0.4, -0.2) is 42.4 Å². The molecule has 0 aliphatic carbocycles. The maximum atomic E-state index is 13.3. The predicted octanol–water partition coefficient (Wildman–Crippen LogP) is 4.05. The number of aryl methyl sites for hydroxylation is 1. The second-order valence-corrected chi connectivity index (χ2v) is 7.63. The first-order valence-corrected chi connectivity index (χ1v) is 10.1. The molecule has 0 N–H and O–H groups in total. The van der Waals surface area contributed by atoms with Gasteiger partial charge in [-0.2, -0.15) is 0 Å². The van der Waals surface area contributed by atoms with Crippen LogP contribution in [0.1, 0.15) is 36.6 Å². The first kappa shape index (κ1) is 21.4. The highest BCUT2D eigenvalue weighted by Crippen LogP contribution is 2.25. The third-order valence-electron chi connectivity index (χ3n) is 5.33. The molecule has 4 rings (SSSR count). The number of rotatable bonds is 7. The number of hydrogen-bond acceptors (Lipinski definition) is 5. The van der Waals surface area contributed by atoms with Gasteiger partial charge in [0.2, 0.25) is 0 Å². The summed E-state index contributed by atoms with van der Waals surface area (Å²) in [6.45, 7) is 1.94. The Labute approximate surface area is 184 Å². The maximum absolute atomic E-state index is 13.3. The summed E-state index contributed by atoms with van der Waals surface area (Å²) in [4.78, 5) is 46.2. The topological polar surface area (TPSA) is 66.9 Å². The molecule has 0 fully saturated rings. The largest absolute Gasteiger partial charge is 0.371 e. The van der Waals surface area contributed by atoms with Crippen LogP contribution in [0.3, 0.4) is 0 Å². The summed E-state index contributed by atoms with van der Waals surface area (Å²) in [7, 11) is 1.72. The molecule has 2 amide bonds. The number of imide groups is 1. The van der Waals surface area contributed by atoms with Crippen LogP contribution in [0.15, 0.2) is 72.8 Å². The van der Waals surface area contributed by atoms with Crippen molar-refractivity contribution in [3.05, 3.63) is 101 Å². The molecule has 32 heavy (non-hydrogen) atoms. The monoisotopic (exact) mass is 432 g/mol. The highest BCUT2D eigenvalue weighted by molar-refractivity contribution is 6.20. The highest BCUT2D eigenvalue weighted by Gasteiger charge is 2.39. The van der Waals surface area contributed by atoms with Crippen LogP contribution in [0.5, 0.6) is 0 Å². The average molecular weight is 432 g/mol. The Bertz CT molecular complexity index is 1140. The van der Waals surface area contributed by atoms with E-state index in [1.807, 2.05) is 6.92 Å². The molecule has 162 valence electrons. The van der Waals surface area contributed by atoms with Crippen molar-refractivity contribution in [2.75, 3.05) is 18.5 Å². The number of amides is 2. The summed E-state index contributed by atoms with van der Waals surface area (Å²) in [6.07, 6.45) is -1.16. The number of benzene rings is 3. The first-order valence-electron chi connectivity index (χ1n) is 10.1. The fraction of sp³-hybridized carbons (Fsp3) is 0.160. The van der Waals surface area contributed by atoms with Crippen molar-refractivity contribution in [2.45, 2.75) is 13.0 Å². The van der Waals surface area contributed by atoms with Gasteiger partial charge in [0, 0.05) is 18.3 Å². The molecule has 0 aromatic heterocycles. The van der Waals surface area contributed by atoms with E-state index in [1.165, 1.54) is 12.1 Å². The number of likely N-dealkylation sites (N-methyl/N-ethyl adjacent to an activating group) is 1. The molecule has 1 unspecified atom stereocenters. The molecule has 1 heterocycles. The van der Waals surface area contributed by atoms with Crippen molar-refractivity contribution in [2.24, 2.45) is 0 Å². The van der Waals surface area contributed by atoms with E-state index >= 15 is 0 Å². The standard InChI is InChI=1S/C25H21FN2O4/c1-16-7-9-17(10-8-16)23(29)22(15-27(2)19-13-11-18(26)12-14-19)32-28-24(30)20-5-3-4-6-21(20)25(28)31/h3-14,22H,15H2,1-2H3. The number of halogens is 1. The molecule has 0 bridgehead atoms. The minimum atomic E-state index is -1.16. The van der Waals surface area contributed by atoms with Crippen molar-refractivity contribution in [1.82, 2.24) is 5.06 Å². The number of fused-ring (bicyclic) bond motifs is 1. The van der Waals surface area contributed by atoms with Crippen molar-refractivity contribution >= 4 is 23.3 Å². The third kappa shape index (κ3) is 4.15. The van der Waals surface area contributed by atoms with Gasteiger partial charge in [-0.15, -0.1) is 5.06 Å². The molecule has 3 aromatic rings. The smallest absolute Gasteiger partial charge is 0.285 e. The van der Waals surface area contributed by atoms with Gasteiger partial charge >= 0.3 is 0 Å². The molecule has 1 aliphatic rings. The van der Waals surface area contributed by atoms with Gasteiger partial charge in [-0.3, -0.25) is 14.4 Å². The van der Waals surface area contributed by atoms with Crippen LogP contribution < -0.4 is 4.90 Å². The van der Waals surface area contributed by atoms with E-state index in [0.717, 1.165) is 5.56 Å². The Morgan fingerprint density at radius 1 is 0.938 bits per heavy atom. The zero-order valence-electron chi connectivity index (χ0n) is 17.6. The van der Waals surface area contributed by atoms with Gasteiger partial charge in [-0.25, -0.2) is 9.23 Å². The van der Waals surface area contributed by atoms with Crippen LogP contribution in [0.25, 0.3) is 0 Å². The lowest BCUT2D eigenvalue weighted by atomic mass is 10.0. The summed E-state index contributed by atoms with van der Waals surface area (Å²) in [6, 6.07) is 19.1. The van der Waals surface area contributed by atoms with Crippen LogP contribution in [0.4, 0.5) is 10.1 Å². The van der Waals surface area contributed by atoms with E-state index in [2.05, 4.69) is 0 Å². The van der Waals surface area contributed by atoms with Gasteiger partial charge in [0.25, 0.3) is 11.8 Å². The number of nitrogens with zero attached hydrogens (tertiary/aromatic N) is 2. The SMILES string of the molecule is Cc1ccc(C(=O)C(CN(C)c2ccc(F)cc2)ON2C(=O)c3ccccc3C2=O)cc1. The molecule has 6 nitrogen and oxygen atoms in total. The van der Waals surface area contributed by atoms with Gasteiger partial charge in [0.15, 0.2) is 11.9 Å². The molecule has 7 heteroatoms. The number of hydroxylamine groups is 2. The molecule has 0 radical (unpaired) electrons. The number of carbonyl (C=O) groups excluding carboxylic acids is 3. The average Bonchev–Trinajstić information content (AvgIpc) is 3.04. The summed E-state index contributed by atoms with van der Waals surface area (Å²) in [5, 5.41) is 0.653. The zero-order valence-corrected chi connectivity index (χ0v) is 17.6. The van der Waals surface area contributed by atoms with Gasteiger partial charge < -0.3 is 4.90 Å². The number of ketones is 1. The van der Waals surface area contributed by atoms with E-state index < -0.39 is 17.9 Å². The Kier molecular flexibility index (Phi) is 5.83. The zero-order chi connectivity index (χ0) is 22.8. The number of hydrogen-bond donors (Lipinski definition) is 0. The Balaban J connectivity index is 1.62. The molecule has 3 aromatic carbocycles. The minimum Gasteiger partial charge on any atom is -0.371 e. The summed E-state index contributed by atoms with van der Waals surface area (Å²) < 4.78 is 13.3. The molecular formula is C25H21FN2O4. The fourth-order valence-corrected chi connectivity index (χ4v) is 3.51. The van der Waals surface area contributed by atoms with Crippen molar-refractivity contribution in [3.63, 3.8) is 0 Å². The second kappa shape index (κ2) is 8.72. The number of carbonyl (C=O) groups is 3. The molecule has 0 spiro atoms. The molecule has 1 atom stereocenters. The summed E-state index contributed by atoms with van der Waals surface area (Å²) in [5.41, 5.74) is 2.49. The van der Waals surface area contributed by atoms with Gasteiger partial charge in [-0.1, -0.05) is 42.0 Å². The molecule has 0 saturated carbocycles. The van der Waals surface area contributed by atoms with E-state index in [4.69, 9.17) is 4.84 Å². The minimum absolute atomic E-state index is 0.0335.